The fourth-order valence-electron chi connectivity index (χ4n) is 4.11. The van der Waals surface area contributed by atoms with Gasteiger partial charge >= 0.3 is 5.97 Å². The van der Waals surface area contributed by atoms with Crippen LogP contribution >= 0.6 is 12.2 Å². The molecule has 2 aliphatic rings. The van der Waals surface area contributed by atoms with Crippen LogP contribution in [0, 0.1) is 0 Å². The molecular formula is C26H27N3O7S2. The fourth-order valence-corrected chi connectivity index (χ4v) is 5.03. The summed E-state index contributed by atoms with van der Waals surface area (Å²) in [6.07, 6.45) is 3.89. The summed E-state index contributed by atoms with van der Waals surface area (Å²) in [7, 11) is -4.05. The van der Waals surface area contributed by atoms with Gasteiger partial charge in [-0.05, 0) is 62.3 Å². The van der Waals surface area contributed by atoms with Crippen molar-refractivity contribution in [3.05, 3.63) is 78.3 Å². The molecule has 0 aliphatic carbocycles. The molecule has 2 aliphatic heterocycles. The molecule has 10 nitrogen and oxygen atoms in total. The maximum Gasteiger partial charge on any atom is 0.326 e. The van der Waals surface area contributed by atoms with Gasteiger partial charge in [-0.25, -0.2) is 0 Å². The smallest absolute Gasteiger partial charge is 0.326 e. The van der Waals surface area contributed by atoms with Gasteiger partial charge in [0.15, 0.2) is 10.9 Å². The summed E-state index contributed by atoms with van der Waals surface area (Å²) in [6, 6.07) is 16.2. The minimum atomic E-state index is -4.05. The summed E-state index contributed by atoms with van der Waals surface area (Å²) in [5.74, 6) is -0.247. The van der Waals surface area contributed by atoms with Crippen molar-refractivity contribution in [2.75, 3.05) is 35.2 Å². The highest BCUT2D eigenvalue weighted by Gasteiger charge is 2.40. The minimum Gasteiger partial charge on any atom is -0.465 e. The van der Waals surface area contributed by atoms with Crippen LogP contribution in [0.4, 0.5) is 11.4 Å². The average Bonchev–Trinajstić information content (AvgIpc) is 3.34. The Labute approximate surface area is 226 Å². The number of carbonyl (C=O) groups is 2. The van der Waals surface area contributed by atoms with Crippen LogP contribution in [0.2, 0.25) is 0 Å². The van der Waals surface area contributed by atoms with E-state index in [1.165, 1.54) is 9.80 Å². The summed E-state index contributed by atoms with van der Waals surface area (Å²) in [4.78, 5) is 30.5. The molecule has 1 fully saturated rings. The van der Waals surface area contributed by atoms with Crippen LogP contribution < -0.4 is 14.5 Å². The van der Waals surface area contributed by atoms with Gasteiger partial charge in [0.2, 0.25) is 5.88 Å². The lowest BCUT2D eigenvalue weighted by Gasteiger charge is -2.19. The highest BCUT2D eigenvalue weighted by Crippen LogP contribution is 2.39. The molecule has 2 aromatic carbocycles. The molecule has 4 rings (SSSR count). The van der Waals surface area contributed by atoms with Gasteiger partial charge in [0.25, 0.3) is 16.0 Å². The number of allylic oxidation sites excluding steroid dienone is 2. The number of hydrogen-bond acceptors (Lipinski definition) is 8. The van der Waals surface area contributed by atoms with Crippen LogP contribution in [0.15, 0.2) is 78.3 Å². The van der Waals surface area contributed by atoms with E-state index in [9.17, 15) is 18.0 Å². The Morgan fingerprint density at radius 3 is 2.47 bits per heavy atom. The third kappa shape index (κ3) is 6.21. The van der Waals surface area contributed by atoms with E-state index in [0.29, 0.717) is 30.3 Å². The lowest BCUT2D eigenvalue weighted by Crippen LogP contribution is -2.35. The molecular weight excluding hydrogens is 530 g/mol. The van der Waals surface area contributed by atoms with Crippen LogP contribution in [0.3, 0.4) is 0 Å². The monoisotopic (exact) mass is 557 g/mol. The topological polar surface area (TPSA) is 117 Å². The molecule has 0 aromatic heterocycles. The van der Waals surface area contributed by atoms with E-state index in [1.807, 2.05) is 29.2 Å². The third-order valence-corrected chi connectivity index (χ3v) is 7.00. The van der Waals surface area contributed by atoms with E-state index >= 15 is 0 Å². The fraction of sp³-hybridized carbons (Fsp3) is 0.269. The lowest BCUT2D eigenvalue weighted by molar-refractivity contribution is -0.143. The van der Waals surface area contributed by atoms with Gasteiger partial charge in [0.1, 0.15) is 12.2 Å². The van der Waals surface area contributed by atoms with Crippen LogP contribution in [0.5, 0.6) is 5.75 Å². The van der Waals surface area contributed by atoms with E-state index in [1.54, 1.807) is 49.4 Å². The van der Waals surface area contributed by atoms with Crippen LogP contribution in [0.25, 0.3) is 0 Å². The van der Waals surface area contributed by atoms with Crippen molar-refractivity contribution in [1.82, 2.24) is 4.90 Å². The Bertz CT molecular complexity index is 1390. The van der Waals surface area contributed by atoms with Crippen molar-refractivity contribution >= 4 is 50.7 Å². The van der Waals surface area contributed by atoms with Crippen molar-refractivity contribution in [2.24, 2.45) is 0 Å². The molecule has 12 heteroatoms. The molecule has 0 atom stereocenters. The molecule has 2 heterocycles. The molecule has 1 saturated heterocycles. The SMILES string of the molecule is CCOC(=O)CN1C(=S)N(c2ccccc2)C(=O)/C1=C\C=C1/Oc2ccccc2N1CCCCS(=O)(=O)O. The van der Waals surface area contributed by atoms with Crippen LogP contribution in [-0.4, -0.2) is 60.3 Å². The van der Waals surface area contributed by atoms with Crippen molar-refractivity contribution in [1.29, 1.82) is 0 Å². The molecule has 38 heavy (non-hydrogen) atoms. The Balaban J connectivity index is 1.64. The standard InChI is InChI=1S/C26H27N3O7S2/c1-2-35-24(30)18-28-21(25(31)29(26(28)37)19-10-4-3-5-11-19)14-15-23-27(16-8-9-17-38(32,33)34)20-12-6-7-13-22(20)36-23/h3-7,10-15H,2,8-9,16-18H2,1H3,(H,32,33,34)/b21-14+,23-15-. The Hall–Kier alpha value is -3.74. The maximum atomic E-state index is 13.5. The van der Waals surface area contributed by atoms with Gasteiger partial charge in [-0.15, -0.1) is 0 Å². The first-order valence-electron chi connectivity index (χ1n) is 12.0. The number of carbonyl (C=O) groups excluding carboxylic acids is 2. The number of benzene rings is 2. The molecule has 0 radical (unpaired) electrons. The largest absolute Gasteiger partial charge is 0.465 e. The molecule has 0 spiro atoms. The zero-order chi connectivity index (χ0) is 27.3. The molecule has 1 N–H and O–H groups in total. The number of thiocarbonyl (C=S) groups is 1. The quantitative estimate of drug-likeness (QED) is 0.153. The molecule has 2 aromatic rings. The number of amides is 1. The number of rotatable bonds is 10. The minimum absolute atomic E-state index is 0.150. The lowest BCUT2D eigenvalue weighted by atomic mass is 10.2. The predicted molar refractivity (Wildman–Crippen MR) is 146 cm³/mol. The zero-order valence-corrected chi connectivity index (χ0v) is 22.3. The zero-order valence-electron chi connectivity index (χ0n) is 20.6. The van der Waals surface area contributed by atoms with Crippen molar-refractivity contribution in [3.63, 3.8) is 0 Å². The molecule has 0 unspecified atom stereocenters. The normalized spacial score (nSPS) is 17.4. The number of ether oxygens (including phenoxy) is 2. The predicted octanol–water partition coefficient (Wildman–Crippen LogP) is 3.48. The Kier molecular flexibility index (Phi) is 8.45. The van der Waals surface area contributed by atoms with Crippen molar-refractivity contribution < 1.29 is 32.0 Å². The van der Waals surface area contributed by atoms with Crippen molar-refractivity contribution in [2.45, 2.75) is 19.8 Å². The van der Waals surface area contributed by atoms with Gasteiger partial charge in [-0.2, -0.15) is 8.42 Å². The highest BCUT2D eigenvalue weighted by atomic mass is 32.2. The summed E-state index contributed by atoms with van der Waals surface area (Å²) >= 11 is 5.58. The first-order chi connectivity index (χ1) is 18.2. The summed E-state index contributed by atoms with van der Waals surface area (Å²) in [5.41, 5.74) is 1.52. The number of unbranched alkanes of at least 4 members (excludes halogenated alkanes) is 1. The Morgan fingerprint density at radius 2 is 1.76 bits per heavy atom. The second-order valence-corrected chi connectivity index (χ2v) is 10.4. The third-order valence-electron chi connectivity index (χ3n) is 5.80. The second kappa shape index (κ2) is 11.8. The second-order valence-electron chi connectivity index (χ2n) is 8.42. The van der Waals surface area contributed by atoms with E-state index in [-0.39, 0.29) is 36.1 Å². The molecule has 200 valence electrons. The van der Waals surface area contributed by atoms with E-state index in [0.717, 1.165) is 5.69 Å². The number of fused-ring (bicyclic) bond motifs is 1. The summed E-state index contributed by atoms with van der Waals surface area (Å²) in [6.45, 7) is 2.06. The van der Waals surface area contributed by atoms with Crippen LogP contribution in [-0.2, 0) is 24.4 Å². The average molecular weight is 558 g/mol. The molecule has 1 amide bonds. The van der Waals surface area contributed by atoms with E-state index in [4.69, 9.17) is 26.2 Å². The van der Waals surface area contributed by atoms with Gasteiger partial charge < -0.3 is 19.3 Å². The summed E-state index contributed by atoms with van der Waals surface area (Å²) < 4.78 is 42.3. The number of nitrogens with zero attached hydrogens (tertiary/aromatic N) is 3. The first-order valence-corrected chi connectivity index (χ1v) is 14.0. The van der Waals surface area contributed by atoms with Gasteiger partial charge in [0.05, 0.1) is 23.7 Å². The van der Waals surface area contributed by atoms with Crippen LogP contribution in [0.1, 0.15) is 19.8 Å². The number of para-hydroxylation sites is 3. The maximum absolute atomic E-state index is 13.5. The van der Waals surface area contributed by atoms with E-state index in [2.05, 4.69) is 0 Å². The van der Waals surface area contributed by atoms with Crippen molar-refractivity contribution in [3.8, 4) is 5.75 Å². The number of esters is 1. The van der Waals surface area contributed by atoms with E-state index < -0.39 is 22.0 Å². The number of anilines is 2. The van der Waals surface area contributed by atoms with Gasteiger partial charge in [-0.1, -0.05) is 30.3 Å². The Morgan fingerprint density at radius 1 is 1.05 bits per heavy atom. The first kappa shape index (κ1) is 27.3. The number of hydrogen-bond donors (Lipinski definition) is 1. The van der Waals surface area contributed by atoms with Gasteiger partial charge in [-0.3, -0.25) is 19.0 Å². The van der Waals surface area contributed by atoms with Gasteiger partial charge in [0, 0.05) is 12.6 Å². The summed E-state index contributed by atoms with van der Waals surface area (Å²) in [5, 5.41) is 0.150. The molecule has 0 bridgehead atoms. The molecule has 0 saturated carbocycles. The highest BCUT2D eigenvalue weighted by molar-refractivity contribution is 7.85.